The summed E-state index contributed by atoms with van der Waals surface area (Å²) in [5, 5.41) is 10.2. The van der Waals surface area contributed by atoms with Gasteiger partial charge >= 0.3 is 12.1 Å². The molecule has 0 aromatic heterocycles. The molecule has 0 spiro atoms. The second kappa shape index (κ2) is 8.64. The van der Waals surface area contributed by atoms with Crippen molar-refractivity contribution in [2.75, 3.05) is 12.0 Å². The zero-order chi connectivity index (χ0) is 27.5. The highest BCUT2D eigenvalue weighted by Gasteiger charge is 2.80. The number of hydrogen-bond acceptors (Lipinski definition) is 5. The molecular formula is C33H25NO6. The molecule has 1 N–H and O–H groups in total. The van der Waals surface area contributed by atoms with E-state index in [-0.39, 0.29) is 12.3 Å². The van der Waals surface area contributed by atoms with Crippen molar-refractivity contribution in [2.24, 2.45) is 11.3 Å². The molecule has 1 saturated carbocycles. The van der Waals surface area contributed by atoms with Gasteiger partial charge in [0, 0.05) is 22.8 Å². The van der Waals surface area contributed by atoms with Crippen molar-refractivity contribution in [3.05, 3.63) is 89.5 Å². The van der Waals surface area contributed by atoms with E-state index < -0.39 is 28.8 Å². The molecule has 4 bridgehead atoms. The molecule has 1 amide bonds. The third-order valence-corrected chi connectivity index (χ3v) is 8.59. The lowest BCUT2D eigenvalue weighted by atomic mass is 9.47. The zero-order valence-electron chi connectivity index (χ0n) is 21.8. The summed E-state index contributed by atoms with van der Waals surface area (Å²) in [6.07, 6.45) is 1.08. The molecule has 8 rings (SSSR count). The minimum atomic E-state index is -1.39. The summed E-state index contributed by atoms with van der Waals surface area (Å²) in [6, 6.07) is 21.8. The molecule has 40 heavy (non-hydrogen) atoms. The lowest BCUT2D eigenvalue weighted by Crippen LogP contribution is -2.82. The number of carboxylic acid groups (broad SMARTS) is 1. The van der Waals surface area contributed by atoms with Crippen LogP contribution in [-0.4, -0.2) is 30.0 Å². The number of carbonyl (C=O) groups is 2. The molecule has 7 nitrogen and oxygen atoms in total. The van der Waals surface area contributed by atoms with E-state index in [1.165, 1.54) is 4.90 Å². The fourth-order valence-electron chi connectivity index (χ4n) is 7.01. The Morgan fingerprint density at radius 1 is 1.00 bits per heavy atom. The number of ether oxygens (including phenoxy) is 3. The fraction of sp³-hybridized carbons (Fsp3) is 0.273. The first-order valence-corrected chi connectivity index (χ1v) is 13.3. The van der Waals surface area contributed by atoms with Gasteiger partial charge in [-0.2, -0.15) is 0 Å². The Morgan fingerprint density at radius 2 is 1.73 bits per heavy atom. The first-order chi connectivity index (χ1) is 19.4. The van der Waals surface area contributed by atoms with E-state index in [1.54, 1.807) is 43.5 Å². The average Bonchev–Trinajstić information content (AvgIpc) is 2.95. The van der Waals surface area contributed by atoms with Gasteiger partial charge in [-0.3, -0.25) is 4.79 Å². The number of fused-ring (bicyclic) bond motifs is 1. The number of para-hydroxylation sites is 1. The van der Waals surface area contributed by atoms with Crippen molar-refractivity contribution in [3.63, 3.8) is 0 Å². The smallest absolute Gasteiger partial charge is 0.422 e. The Morgan fingerprint density at radius 3 is 2.45 bits per heavy atom. The standard InChI is InChI=1S/C33H25NO6/c1-38-25-13-14-26-27(20-25)34(30(37)39-24-10-3-2-4-11-24)32-19-16-23-9-6-5-8-22(23)15-18-31(21-29(35)36)17-7-12-28(32)33(26,31)40-32/h2-6,8-11,13-14,20,28H,7,12,17,21H2,1H3,(H,35,36)/t28?,31?,32-,33-/m1/s1. The normalized spacial score (nSPS) is 28.1. The number of methoxy groups -OCH3 is 1. The highest BCUT2D eigenvalue weighted by Crippen LogP contribution is 2.73. The summed E-state index contributed by atoms with van der Waals surface area (Å²) in [7, 11) is 1.56. The summed E-state index contributed by atoms with van der Waals surface area (Å²) < 4.78 is 18.3. The molecule has 3 heterocycles. The number of hydrogen-bond donors (Lipinski definition) is 1. The molecular weight excluding hydrogens is 506 g/mol. The molecule has 1 saturated heterocycles. The minimum Gasteiger partial charge on any atom is -0.497 e. The van der Waals surface area contributed by atoms with Crippen LogP contribution in [0.4, 0.5) is 10.5 Å². The van der Waals surface area contributed by atoms with Gasteiger partial charge in [-0.1, -0.05) is 60.6 Å². The van der Waals surface area contributed by atoms with Crippen molar-refractivity contribution < 1.29 is 28.9 Å². The van der Waals surface area contributed by atoms with Crippen LogP contribution in [0.2, 0.25) is 0 Å². The van der Waals surface area contributed by atoms with Gasteiger partial charge in [0.2, 0.25) is 5.72 Å². The molecule has 3 aromatic rings. The Balaban J connectivity index is 1.53. The third kappa shape index (κ3) is 3.19. The number of rotatable bonds is 4. The number of anilines is 1. The summed E-state index contributed by atoms with van der Waals surface area (Å²) in [4.78, 5) is 28.0. The fourth-order valence-corrected chi connectivity index (χ4v) is 7.01. The van der Waals surface area contributed by atoms with Crippen molar-refractivity contribution in [1.82, 2.24) is 0 Å². The van der Waals surface area contributed by atoms with E-state index in [2.05, 4.69) is 23.7 Å². The number of amides is 1. The van der Waals surface area contributed by atoms with Crippen LogP contribution in [0.1, 0.15) is 42.4 Å². The highest BCUT2D eigenvalue weighted by molar-refractivity contribution is 5.95. The molecule has 5 aliphatic rings. The number of benzene rings is 3. The largest absolute Gasteiger partial charge is 0.497 e. The summed E-state index contributed by atoms with van der Waals surface area (Å²) in [5.41, 5.74) is -0.910. The lowest BCUT2D eigenvalue weighted by Gasteiger charge is -2.72. The molecule has 0 radical (unpaired) electrons. The second-order valence-corrected chi connectivity index (χ2v) is 10.6. The third-order valence-electron chi connectivity index (χ3n) is 8.59. The second-order valence-electron chi connectivity index (χ2n) is 10.6. The van der Waals surface area contributed by atoms with Gasteiger partial charge in [-0.15, -0.1) is 0 Å². The van der Waals surface area contributed by atoms with Crippen LogP contribution in [0.5, 0.6) is 11.5 Å². The van der Waals surface area contributed by atoms with Gasteiger partial charge in [0.05, 0.1) is 30.6 Å². The van der Waals surface area contributed by atoms with Crippen LogP contribution >= 0.6 is 0 Å². The monoisotopic (exact) mass is 531 g/mol. The molecule has 3 aliphatic heterocycles. The van der Waals surface area contributed by atoms with Crippen LogP contribution in [0.3, 0.4) is 0 Å². The number of aliphatic carboxylic acids is 1. The van der Waals surface area contributed by atoms with E-state index >= 15 is 0 Å². The maximum Gasteiger partial charge on any atom is 0.422 e. The predicted molar refractivity (Wildman–Crippen MR) is 146 cm³/mol. The Hall–Kier alpha value is -4.72. The van der Waals surface area contributed by atoms with Gasteiger partial charge in [0.25, 0.3) is 0 Å². The molecule has 2 unspecified atom stereocenters. The lowest BCUT2D eigenvalue weighted by molar-refractivity contribution is -0.362. The Bertz CT molecular complexity index is 1690. The molecule has 2 fully saturated rings. The van der Waals surface area contributed by atoms with E-state index in [0.29, 0.717) is 46.7 Å². The van der Waals surface area contributed by atoms with Gasteiger partial charge in [0.15, 0.2) is 0 Å². The van der Waals surface area contributed by atoms with Gasteiger partial charge in [-0.25, -0.2) is 9.69 Å². The number of carboxylic acids is 1. The molecule has 4 atom stereocenters. The first-order valence-electron chi connectivity index (χ1n) is 13.3. The Kier molecular flexibility index (Phi) is 5.26. The van der Waals surface area contributed by atoms with Crippen molar-refractivity contribution in [3.8, 4) is 35.2 Å². The molecule has 198 valence electrons. The van der Waals surface area contributed by atoms with Crippen molar-refractivity contribution in [2.45, 2.75) is 37.0 Å². The summed E-state index contributed by atoms with van der Waals surface area (Å²) >= 11 is 0. The van der Waals surface area contributed by atoms with Crippen LogP contribution in [-0.2, 0) is 15.1 Å². The van der Waals surface area contributed by atoms with Crippen LogP contribution < -0.4 is 14.4 Å². The first kappa shape index (κ1) is 24.3. The van der Waals surface area contributed by atoms with Gasteiger partial charge in [-0.05, 0) is 49.1 Å². The van der Waals surface area contributed by atoms with E-state index in [1.807, 2.05) is 36.4 Å². The number of nitrogens with zero attached hydrogens (tertiary/aromatic N) is 1. The summed E-state index contributed by atoms with van der Waals surface area (Å²) in [5.74, 6) is 12.9. The number of carbonyl (C=O) groups excluding carboxylic acids is 1. The van der Waals surface area contributed by atoms with Gasteiger partial charge in [0.1, 0.15) is 17.1 Å². The van der Waals surface area contributed by atoms with Crippen LogP contribution in [0, 0.1) is 35.0 Å². The molecule has 7 heteroatoms. The van der Waals surface area contributed by atoms with E-state index in [4.69, 9.17) is 14.2 Å². The van der Waals surface area contributed by atoms with Crippen molar-refractivity contribution in [1.29, 1.82) is 0 Å². The maximum absolute atomic E-state index is 14.1. The van der Waals surface area contributed by atoms with E-state index in [9.17, 15) is 14.7 Å². The van der Waals surface area contributed by atoms with E-state index in [0.717, 1.165) is 6.42 Å². The maximum atomic E-state index is 14.1. The summed E-state index contributed by atoms with van der Waals surface area (Å²) in [6.45, 7) is 0. The topological polar surface area (TPSA) is 85.3 Å². The van der Waals surface area contributed by atoms with Crippen LogP contribution in [0.25, 0.3) is 0 Å². The van der Waals surface area contributed by atoms with Gasteiger partial charge < -0.3 is 19.3 Å². The Labute approximate surface area is 231 Å². The minimum absolute atomic E-state index is 0.206. The molecule has 3 aromatic carbocycles. The molecule has 2 aliphatic carbocycles. The highest BCUT2D eigenvalue weighted by atomic mass is 16.6. The van der Waals surface area contributed by atoms with Crippen LogP contribution in [0.15, 0.2) is 72.8 Å². The zero-order valence-corrected chi connectivity index (χ0v) is 21.8. The average molecular weight is 532 g/mol. The quantitative estimate of drug-likeness (QED) is 0.459. The van der Waals surface area contributed by atoms with Crippen molar-refractivity contribution >= 4 is 17.7 Å². The SMILES string of the molecule is COc1ccc2c(c1)N(C(=O)Oc1ccccc1)[C@@]13C#Cc4ccccc4C#CC4(CC(=O)O)CCCC1[C@]24O3. The predicted octanol–water partition coefficient (Wildman–Crippen LogP) is 5.31.